The maximum Gasteiger partial charge on any atom is 0.261 e. The highest BCUT2D eigenvalue weighted by Crippen LogP contribution is 2.37. The van der Waals surface area contributed by atoms with E-state index in [0.717, 1.165) is 6.42 Å². The molecule has 3 rings (SSSR count). The Morgan fingerprint density at radius 1 is 0.743 bits per heavy atom. The molecule has 0 aliphatic heterocycles. The first-order chi connectivity index (χ1) is 16.8. The van der Waals surface area contributed by atoms with Gasteiger partial charge in [0.2, 0.25) is 0 Å². The van der Waals surface area contributed by atoms with E-state index in [4.69, 9.17) is 9.16 Å². The lowest BCUT2D eigenvalue weighted by atomic mass is 9.92. The van der Waals surface area contributed by atoms with E-state index in [9.17, 15) is 5.11 Å². The largest absolute Gasteiger partial charge is 0.407 e. The second kappa shape index (κ2) is 12.6. The van der Waals surface area contributed by atoms with Gasteiger partial charge in [0.05, 0.1) is 12.7 Å². The van der Waals surface area contributed by atoms with E-state index >= 15 is 0 Å². The Kier molecular flexibility index (Phi) is 9.87. The lowest BCUT2D eigenvalue weighted by Crippen LogP contribution is -2.67. The van der Waals surface area contributed by atoms with Crippen molar-refractivity contribution < 1.29 is 14.3 Å². The molecule has 0 spiro atoms. The van der Waals surface area contributed by atoms with E-state index in [1.165, 1.54) is 15.9 Å². The monoisotopic (exact) mass is 490 g/mol. The molecule has 1 N–H and O–H groups in total. The number of aliphatic hydroxyl groups is 1. The van der Waals surface area contributed by atoms with Gasteiger partial charge in [0, 0.05) is 19.1 Å². The van der Waals surface area contributed by atoms with Crippen molar-refractivity contribution in [2.24, 2.45) is 11.8 Å². The Bertz CT molecular complexity index is 947. The van der Waals surface area contributed by atoms with Crippen molar-refractivity contribution in [1.82, 2.24) is 0 Å². The highest BCUT2D eigenvalue weighted by molar-refractivity contribution is 6.99. The maximum absolute atomic E-state index is 11.1. The molecule has 0 bridgehead atoms. The van der Waals surface area contributed by atoms with Crippen LogP contribution in [0.2, 0.25) is 5.04 Å². The van der Waals surface area contributed by atoms with E-state index in [1.54, 1.807) is 0 Å². The molecule has 0 heterocycles. The molecule has 0 fully saturated rings. The van der Waals surface area contributed by atoms with E-state index in [1.807, 2.05) is 18.2 Å². The fourth-order valence-corrected chi connectivity index (χ4v) is 9.55. The summed E-state index contributed by atoms with van der Waals surface area (Å²) in [5, 5.41) is 13.6. The number of aliphatic hydroxyl groups excluding tert-OH is 1. The average Bonchev–Trinajstić information content (AvgIpc) is 2.87. The van der Waals surface area contributed by atoms with Crippen LogP contribution in [0.3, 0.4) is 0 Å². The molecule has 0 aliphatic carbocycles. The summed E-state index contributed by atoms with van der Waals surface area (Å²) in [4.78, 5) is 0. The third-order valence-corrected chi connectivity index (χ3v) is 12.0. The molecular formula is C31H42O3Si. The fraction of sp³-hybridized carbons (Fsp3) is 0.419. The number of benzene rings is 3. The lowest BCUT2D eigenvalue weighted by Gasteiger charge is -2.44. The Hall–Kier alpha value is -2.24. The molecule has 3 aromatic rings. The Morgan fingerprint density at radius 2 is 1.23 bits per heavy atom. The maximum atomic E-state index is 11.1. The molecule has 0 aromatic heterocycles. The van der Waals surface area contributed by atoms with Gasteiger partial charge in [-0.25, -0.2) is 0 Å². The quantitative estimate of drug-likeness (QED) is 0.257. The topological polar surface area (TPSA) is 38.7 Å². The average molecular weight is 491 g/mol. The SMILES string of the molecule is C[C@H](CCOCc1ccccc1)[C@@H](O)[C@H](C)CO[Si](c1ccccc1)(c1ccccc1)C(C)(C)C. The zero-order valence-corrected chi connectivity index (χ0v) is 23.0. The Balaban J connectivity index is 1.67. The molecule has 0 radical (unpaired) electrons. The molecule has 188 valence electrons. The predicted octanol–water partition coefficient (Wildman–Crippen LogP) is 5.80. The van der Waals surface area contributed by atoms with Gasteiger partial charge < -0.3 is 14.3 Å². The van der Waals surface area contributed by atoms with Gasteiger partial charge in [-0.1, -0.05) is 126 Å². The van der Waals surface area contributed by atoms with Gasteiger partial charge in [-0.15, -0.1) is 0 Å². The predicted molar refractivity (Wildman–Crippen MR) is 149 cm³/mol. The molecule has 4 heteroatoms. The summed E-state index contributed by atoms with van der Waals surface area (Å²) < 4.78 is 12.9. The smallest absolute Gasteiger partial charge is 0.261 e. The molecule has 3 nitrogen and oxygen atoms in total. The molecule has 0 saturated heterocycles. The van der Waals surface area contributed by atoms with Gasteiger partial charge >= 0.3 is 0 Å². The van der Waals surface area contributed by atoms with Crippen molar-refractivity contribution in [2.75, 3.05) is 13.2 Å². The van der Waals surface area contributed by atoms with Gasteiger partial charge in [-0.05, 0) is 33.3 Å². The minimum Gasteiger partial charge on any atom is -0.407 e. The summed E-state index contributed by atoms with van der Waals surface area (Å²) in [5.74, 6) is 0.143. The van der Waals surface area contributed by atoms with Gasteiger partial charge in [-0.2, -0.15) is 0 Å². The van der Waals surface area contributed by atoms with Gasteiger partial charge in [0.15, 0.2) is 0 Å². The van der Waals surface area contributed by atoms with Crippen molar-refractivity contribution in [3.05, 3.63) is 96.6 Å². The van der Waals surface area contributed by atoms with Crippen LogP contribution in [0.5, 0.6) is 0 Å². The summed E-state index contributed by atoms with van der Waals surface area (Å²) in [7, 11) is -2.60. The van der Waals surface area contributed by atoms with Crippen LogP contribution in [-0.2, 0) is 15.8 Å². The van der Waals surface area contributed by atoms with Crippen molar-refractivity contribution in [1.29, 1.82) is 0 Å². The summed E-state index contributed by atoms with van der Waals surface area (Å²) >= 11 is 0. The van der Waals surface area contributed by atoms with Gasteiger partial charge in [0.1, 0.15) is 0 Å². The standard InChI is InChI=1S/C31H42O3Si/c1-25(21-22-33-24-27-15-9-6-10-16-27)30(32)26(2)23-34-35(31(3,4)5,28-17-11-7-12-18-28)29-19-13-8-14-20-29/h6-20,25-26,30,32H,21-24H2,1-5H3/t25-,26-,30-/m1/s1. The van der Waals surface area contributed by atoms with Crippen LogP contribution in [-0.4, -0.2) is 32.7 Å². The van der Waals surface area contributed by atoms with Crippen LogP contribution in [0.4, 0.5) is 0 Å². The van der Waals surface area contributed by atoms with Crippen LogP contribution in [0.1, 0.15) is 46.6 Å². The second-order valence-corrected chi connectivity index (χ2v) is 15.1. The molecule has 3 aromatic carbocycles. The third-order valence-electron chi connectivity index (χ3n) is 6.97. The zero-order valence-electron chi connectivity index (χ0n) is 22.0. The third kappa shape index (κ3) is 6.92. The Labute approximate surface area is 213 Å². The Morgan fingerprint density at radius 3 is 1.71 bits per heavy atom. The first-order valence-electron chi connectivity index (χ1n) is 12.8. The number of hydrogen-bond donors (Lipinski definition) is 1. The second-order valence-electron chi connectivity index (χ2n) is 10.7. The normalized spacial score (nSPS) is 14.9. The molecule has 0 amide bonds. The van der Waals surface area contributed by atoms with Crippen molar-refractivity contribution >= 4 is 18.7 Å². The van der Waals surface area contributed by atoms with E-state index < -0.39 is 14.4 Å². The molecular weight excluding hydrogens is 448 g/mol. The van der Waals surface area contributed by atoms with Crippen LogP contribution >= 0.6 is 0 Å². The molecule has 0 aliphatic rings. The van der Waals surface area contributed by atoms with Crippen LogP contribution < -0.4 is 10.4 Å². The van der Waals surface area contributed by atoms with E-state index in [0.29, 0.717) is 19.8 Å². The molecule has 0 saturated carbocycles. The molecule has 35 heavy (non-hydrogen) atoms. The van der Waals surface area contributed by atoms with Crippen molar-refractivity contribution in [3.8, 4) is 0 Å². The van der Waals surface area contributed by atoms with Crippen molar-refractivity contribution in [2.45, 2.75) is 58.8 Å². The summed E-state index contributed by atoms with van der Waals surface area (Å²) in [5.41, 5.74) is 1.17. The zero-order chi connectivity index (χ0) is 25.3. The van der Waals surface area contributed by atoms with Crippen LogP contribution in [0.15, 0.2) is 91.0 Å². The minimum atomic E-state index is -2.60. The summed E-state index contributed by atoms with van der Waals surface area (Å²) in [6, 6.07) is 31.6. The first kappa shape index (κ1) is 27.3. The first-order valence-corrected chi connectivity index (χ1v) is 14.7. The summed E-state index contributed by atoms with van der Waals surface area (Å²) in [6.45, 7) is 12.8. The number of ether oxygens (including phenoxy) is 1. The molecule has 0 unspecified atom stereocenters. The highest BCUT2D eigenvalue weighted by atomic mass is 28.4. The highest BCUT2D eigenvalue weighted by Gasteiger charge is 2.50. The van der Waals surface area contributed by atoms with Crippen LogP contribution in [0.25, 0.3) is 0 Å². The number of hydrogen-bond acceptors (Lipinski definition) is 3. The minimum absolute atomic E-state index is 0.0146. The van der Waals surface area contributed by atoms with Crippen LogP contribution in [0, 0.1) is 11.8 Å². The fourth-order valence-electron chi connectivity index (χ4n) is 4.88. The lowest BCUT2D eigenvalue weighted by molar-refractivity contribution is 0.0207. The van der Waals surface area contributed by atoms with Gasteiger partial charge in [0.25, 0.3) is 8.32 Å². The summed E-state index contributed by atoms with van der Waals surface area (Å²) in [6.07, 6.45) is 0.367. The van der Waals surface area contributed by atoms with Crippen molar-refractivity contribution in [3.63, 3.8) is 0 Å². The molecule has 3 atom stereocenters. The number of rotatable bonds is 12. The van der Waals surface area contributed by atoms with Gasteiger partial charge in [-0.3, -0.25) is 0 Å². The van der Waals surface area contributed by atoms with E-state index in [2.05, 4.69) is 107 Å². The van der Waals surface area contributed by atoms with E-state index in [-0.39, 0.29) is 16.9 Å².